The van der Waals surface area contributed by atoms with Gasteiger partial charge in [0.05, 0.1) is 11.9 Å². The first-order valence-electron chi connectivity index (χ1n) is 7.88. The van der Waals surface area contributed by atoms with Gasteiger partial charge in [0.2, 0.25) is 11.1 Å². The maximum Gasteiger partial charge on any atom is 0.228 e. The lowest BCUT2D eigenvalue weighted by atomic mass is 10.2. The van der Waals surface area contributed by atoms with Crippen molar-refractivity contribution in [1.82, 2.24) is 30.0 Å². The molecule has 1 aliphatic carbocycles. The summed E-state index contributed by atoms with van der Waals surface area (Å²) in [7, 11) is 1.88. The first kappa shape index (κ1) is 15.8. The topological polar surface area (TPSA) is 90.5 Å². The van der Waals surface area contributed by atoms with Crippen LogP contribution in [0.2, 0.25) is 0 Å². The number of hydrogen-bond acceptors (Lipinski definition) is 6. The van der Waals surface area contributed by atoms with E-state index in [1.165, 1.54) is 11.8 Å². The highest BCUT2D eigenvalue weighted by atomic mass is 32.2. The summed E-state index contributed by atoms with van der Waals surface area (Å²) < 4.78 is 3.41. The third-order valence-corrected chi connectivity index (χ3v) is 4.88. The molecule has 2 aromatic heterocycles. The van der Waals surface area contributed by atoms with Crippen LogP contribution in [0.3, 0.4) is 0 Å². The summed E-state index contributed by atoms with van der Waals surface area (Å²) in [5.41, 5.74) is 2.67. The lowest BCUT2D eigenvalue weighted by molar-refractivity contribution is -0.117. The van der Waals surface area contributed by atoms with Gasteiger partial charge in [-0.2, -0.15) is 9.78 Å². The molecule has 0 radical (unpaired) electrons. The van der Waals surface area contributed by atoms with Crippen molar-refractivity contribution < 1.29 is 4.79 Å². The number of thioether (sulfide) groups is 1. The van der Waals surface area contributed by atoms with Gasteiger partial charge in [-0.1, -0.05) is 17.8 Å². The number of nitrogens with one attached hydrogen (secondary N) is 1. The summed E-state index contributed by atoms with van der Waals surface area (Å²) in [6, 6.07) is 7.52. The van der Waals surface area contributed by atoms with E-state index in [1.807, 2.05) is 50.0 Å². The number of benzene rings is 1. The highest BCUT2D eigenvalue weighted by Crippen LogP contribution is 2.47. The fourth-order valence-electron chi connectivity index (χ4n) is 2.90. The number of tetrazole rings is 1. The largest absolute Gasteiger partial charge is 0.326 e. The SMILES string of the molecule is CSc1nnnn1-c1cccc(NC(=O)C2CC2c2cnn(C)c2)c1. The summed E-state index contributed by atoms with van der Waals surface area (Å²) in [6.07, 6.45) is 6.58. The van der Waals surface area contributed by atoms with Gasteiger partial charge in [-0.25, -0.2) is 0 Å². The Bertz CT molecular complexity index is 919. The van der Waals surface area contributed by atoms with E-state index in [9.17, 15) is 4.79 Å². The first-order valence-corrected chi connectivity index (χ1v) is 9.10. The molecule has 0 spiro atoms. The van der Waals surface area contributed by atoms with Gasteiger partial charge in [0.1, 0.15) is 0 Å². The van der Waals surface area contributed by atoms with Crippen molar-refractivity contribution in [2.45, 2.75) is 17.5 Å². The molecule has 0 saturated heterocycles. The molecule has 0 bridgehead atoms. The lowest BCUT2D eigenvalue weighted by Gasteiger charge is -2.08. The van der Waals surface area contributed by atoms with Crippen molar-refractivity contribution in [2.24, 2.45) is 13.0 Å². The highest BCUT2D eigenvalue weighted by molar-refractivity contribution is 7.98. The average molecular weight is 355 g/mol. The standard InChI is InChI=1S/C16H17N7OS/c1-22-9-10(8-17-22)13-7-14(13)15(24)18-11-4-3-5-12(6-11)23-16(25-2)19-20-21-23/h3-6,8-9,13-14H,7H2,1-2H3,(H,18,24). The zero-order valence-corrected chi connectivity index (χ0v) is 14.6. The van der Waals surface area contributed by atoms with Crippen LogP contribution in [0.5, 0.6) is 0 Å². The molecule has 1 aromatic carbocycles. The van der Waals surface area contributed by atoms with Crippen molar-refractivity contribution in [1.29, 1.82) is 0 Å². The maximum atomic E-state index is 12.5. The summed E-state index contributed by atoms with van der Waals surface area (Å²) in [6.45, 7) is 0. The minimum atomic E-state index is 0.00245. The van der Waals surface area contributed by atoms with E-state index in [-0.39, 0.29) is 17.7 Å². The van der Waals surface area contributed by atoms with Crippen molar-refractivity contribution >= 4 is 23.4 Å². The van der Waals surface area contributed by atoms with E-state index >= 15 is 0 Å². The van der Waals surface area contributed by atoms with Gasteiger partial charge in [0.15, 0.2) is 0 Å². The third kappa shape index (κ3) is 3.14. The second-order valence-electron chi connectivity index (χ2n) is 6.01. The van der Waals surface area contributed by atoms with Crippen LogP contribution in [-0.4, -0.2) is 42.2 Å². The second-order valence-corrected chi connectivity index (χ2v) is 6.79. The zero-order chi connectivity index (χ0) is 17.4. The van der Waals surface area contributed by atoms with Crippen LogP contribution < -0.4 is 5.32 Å². The van der Waals surface area contributed by atoms with Crippen molar-refractivity contribution in [2.75, 3.05) is 11.6 Å². The Labute approximate surface area is 148 Å². The highest BCUT2D eigenvalue weighted by Gasteiger charge is 2.44. The number of carbonyl (C=O) groups is 1. The summed E-state index contributed by atoms with van der Waals surface area (Å²) in [5.74, 6) is 0.301. The van der Waals surface area contributed by atoms with Gasteiger partial charge >= 0.3 is 0 Å². The molecule has 1 fully saturated rings. The fourth-order valence-corrected chi connectivity index (χ4v) is 3.34. The molecule has 3 aromatic rings. The predicted molar refractivity (Wildman–Crippen MR) is 93.6 cm³/mol. The number of aryl methyl sites for hydroxylation is 1. The van der Waals surface area contributed by atoms with Crippen LogP contribution in [-0.2, 0) is 11.8 Å². The number of anilines is 1. The minimum absolute atomic E-state index is 0.00245. The molecule has 2 atom stereocenters. The van der Waals surface area contributed by atoms with Gasteiger partial charge in [-0.3, -0.25) is 9.48 Å². The number of amides is 1. The minimum Gasteiger partial charge on any atom is -0.326 e. The van der Waals surface area contributed by atoms with Crippen LogP contribution in [0.15, 0.2) is 41.8 Å². The molecule has 9 heteroatoms. The Hall–Kier alpha value is -2.68. The number of aromatic nitrogens is 6. The van der Waals surface area contributed by atoms with E-state index < -0.39 is 0 Å². The van der Waals surface area contributed by atoms with E-state index in [4.69, 9.17) is 0 Å². The fraction of sp³-hybridized carbons (Fsp3) is 0.312. The Morgan fingerprint density at radius 1 is 1.40 bits per heavy atom. The van der Waals surface area contributed by atoms with Crippen LogP contribution in [0.4, 0.5) is 5.69 Å². The Balaban J connectivity index is 1.47. The molecule has 1 N–H and O–H groups in total. The second kappa shape index (κ2) is 6.32. The molecule has 2 unspecified atom stereocenters. The molecule has 1 saturated carbocycles. The quantitative estimate of drug-likeness (QED) is 0.703. The number of rotatable bonds is 5. The molecule has 1 amide bonds. The molecule has 128 valence electrons. The van der Waals surface area contributed by atoms with Gasteiger partial charge < -0.3 is 5.32 Å². The molecule has 1 aliphatic rings. The summed E-state index contributed by atoms with van der Waals surface area (Å²) >= 11 is 1.46. The molecule has 2 heterocycles. The first-order chi connectivity index (χ1) is 12.2. The summed E-state index contributed by atoms with van der Waals surface area (Å²) in [5, 5.41) is 19.5. The summed E-state index contributed by atoms with van der Waals surface area (Å²) in [4.78, 5) is 12.5. The molecule has 0 aliphatic heterocycles. The smallest absolute Gasteiger partial charge is 0.228 e. The van der Waals surface area contributed by atoms with Gasteiger partial charge in [-0.05, 0) is 52.8 Å². The third-order valence-electron chi connectivity index (χ3n) is 4.26. The van der Waals surface area contributed by atoms with Crippen LogP contribution in [0.1, 0.15) is 17.9 Å². The van der Waals surface area contributed by atoms with E-state index in [2.05, 4.69) is 25.9 Å². The molecule has 8 nitrogen and oxygen atoms in total. The van der Waals surface area contributed by atoms with Crippen LogP contribution in [0, 0.1) is 5.92 Å². The van der Waals surface area contributed by atoms with Crippen LogP contribution >= 0.6 is 11.8 Å². The van der Waals surface area contributed by atoms with Gasteiger partial charge in [-0.15, -0.1) is 5.10 Å². The average Bonchev–Trinajstić information content (AvgIpc) is 3.06. The van der Waals surface area contributed by atoms with Crippen molar-refractivity contribution in [3.8, 4) is 5.69 Å². The van der Waals surface area contributed by atoms with Gasteiger partial charge in [0.25, 0.3) is 0 Å². The molecular weight excluding hydrogens is 338 g/mol. The normalized spacial score (nSPS) is 19.0. The van der Waals surface area contributed by atoms with E-state index in [0.29, 0.717) is 5.16 Å². The zero-order valence-electron chi connectivity index (χ0n) is 13.8. The maximum absolute atomic E-state index is 12.5. The van der Waals surface area contributed by atoms with Gasteiger partial charge in [0, 0.05) is 24.8 Å². The Kier molecular flexibility index (Phi) is 4.00. The van der Waals surface area contributed by atoms with E-state index in [1.54, 1.807) is 9.36 Å². The lowest BCUT2D eigenvalue weighted by Crippen LogP contribution is -2.14. The molecular formula is C16H17N7OS. The monoisotopic (exact) mass is 355 g/mol. The van der Waals surface area contributed by atoms with E-state index in [0.717, 1.165) is 23.4 Å². The van der Waals surface area contributed by atoms with Crippen molar-refractivity contribution in [3.63, 3.8) is 0 Å². The predicted octanol–water partition coefficient (Wildman–Crippen LogP) is 1.86. The number of hydrogen-bond donors (Lipinski definition) is 1. The van der Waals surface area contributed by atoms with Crippen LogP contribution in [0.25, 0.3) is 5.69 Å². The molecule has 25 heavy (non-hydrogen) atoms. The van der Waals surface area contributed by atoms with Crippen molar-refractivity contribution in [3.05, 3.63) is 42.2 Å². The number of carbonyl (C=O) groups excluding carboxylic acids is 1. The Morgan fingerprint density at radius 3 is 3.04 bits per heavy atom. The Morgan fingerprint density at radius 2 is 2.28 bits per heavy atom. The number of nitrogens with zero attached hydrogens (tertiary/aromatic N) is 6. The molecule has 4 rings (SSSR count).